The van der Waals surface area contributed by atoms with Crippen molar-refractivity contribution in [2.45, 2.75) is 26.5 Å². The van der Waals surface area contributed by atoms with E-state index in [2.05, 4.69) is 10.3 Å². The van der Waals surface area contributed by atoms with Crippen LogP contribution in [0.1, 0.15) is 19.4 Å². The van der Waals surface area contributed by atoms with Gasteiger partial charge in [0.2, 0.25) is 0 Å². The van der Waals surface area contributed by atoms with E-state index in [1.807, 2.05) is 32.3 Å². The molecule has 1 heterocycles. The van der Waals surface area contributed by atoms with Crippen molar-refractivity contribution < 1.29 is 5.11 Å². The van der Waals surface area contributed by atoms with E-state index in [0.29, 0.717) is 12.5 Å². The Balaban J connectivity index is 2.14. The van der Waals surface area contributed by atoms with Crippen LogP contribution in [0.4, 0.5) is 0 Å². The van der Waals surface area contributed by atoms with Gasteiger partial charge >= 0.3 is 0 Å². The van der Waals surface area contributed by atoms with Crippen molar-refractivity contribution in [2.24, 2.45) is 5.92 Å². The standard InChI is InChI=1S/C10H18N2O/c1-8(2)10(13)7-12-6-9-3-4-11-5-9/h3-5,8,10-13H,6-7H2,1-2H3. The number of aliphatic hydroxyl groups excluding tert-OH is 1. The summed E-state index contributed by atoms with van der Waals surface area (Å²) in [6, 6.07) is 2.02. The highest BCUT2D eigenvalue weighted by molar-refractivity contribution is 5.07. The van der Waals surface area contributed by atoms with Gasteiger partial charge in [0.05, 0.1) is 6.10 Å². The van der Waals surface area contributed by atoms with E-state index in [1.54, 1.807) is 0 Å². The van der Waals surface area contributed by atoms with Gasteiger partial charge in [-0.2, -0.15) is 0 Å². The first-order chi connectivity index (χ1) is 6.20. The first-order valence-corrected chi connectivity index (χ1v) is 4.70. The number of aromatic amines is 1. The predicted octanol–water partition coefficient (Wildman–Crippen LogP) is 1.12. The van der Waals surface area contributed by atoms with Crippen molar-refractivity contribution in [2.75, 3.05) is 6.54 Å². The molecule has 13 heavy (non-hydrogen) atoms. The number of nitrogens with one attached hydrogen (secondary N) is 2. The van der Waals surface area contributed by atoms with Crippen molar-refractivity contribution in [1.29, 1.82) is 0 Å². The molecule has 1 unspecified atom stereocenters. The van der Waals surface area contributed by atoms with Crippen LogP contribution in [-0.4, -0.2) is 22.7 Å². The molecule has 0 aromatic carbocycles. The molecule has 0 saturated heterocycles. The van der Waals surface area contributed by atoms with Crippen LogP contribution in [0.25, 0.3) is 0 Å². The normalized spacial score (nSPS) is 13.5. The molecule has 0 spiro atoms. The first kappa shape index (κ1) is 10.3. The van der Waals surface area contributed by atoms with Crippen LogP contribution >= 0.6 is 0 Å². The molecule has 1 rings (SSSR count). The van der Waals surface area contributed by atoms with Gasteiger partial charge < -0.3 is 15.4 Å². The number of aliphatic hydroxyl groups is 1. The van der Waals surface area contributed by atoms with E-state index in [1.165, 1.54) is 5.56 Å². The molecule has 0 radical (unpaired) electrons. The van der Waals surface area contributed by atoms with Gasteiger partial charge in [-0.15, -0.1) is 0 Å². The summed E-state index contributed by atoms with van der Waals surface area (Å²) in [6.45, 7) is 5.50. The lowest BCUT2D eigenvalue weighted by molar-refractivity contribution is 0.123. The predicted molar refractivity (Wildman–Crippen MR) is 53.3 cm³/mol. The SMILES string of the molecule is CC(C)C(O)CNCc1cc[nH]c1. The van der Waals surface area contributed by atoms with Gasteiger partial charge in [-0.3, -0.25) is 0 Å². The summed E-state index contributed by atoms with van der Waals surface area (Å²) in [5.74, 6) is 0.318. The van der Waals surface area contributed by atoms with Crippen molar-refractivity contribution in [3.05, 3.63) is 24.0 Å². The van der Waals surface area contributed by atoms with Crippen molar-refractivity contribution in [3.8, 4) is 0 Å². The van der Waals surface area contributed by atoms with Crippen molar-refractivity contribution in [1.82, 2.24) is 10.3 Å². The highest BCUT2D eigenvalue weighted by Gasteiger charge is 2.07. The van der Waals surface area contributed by atoms with E-state index in [-0.39, 0.29) is 6.10 Å². The van der Waals surface area contributed by atoms with Crippen LogP contribution in [0.5, 0.6) is 0 Å². The molecular formula is C10H18N2O. The molecule has 0 amide bonds. The van der Waals surface area contributed by atoms with Crippen LogP contribution in [0.2, 0.25) is 0 Å². The molecule has 3 nitrogen and oxygen atoms in total. The maximum absolute atomic E-state index is 9.48. The minimum atomic E-state index is -0.251. The lowest BCUT2D eigenvalue weighted by Crippen LogP contribution is -2.30. The second-order valence-corrected chi connectivity index (χ2v) is 3.66. The highest BCUT2D eigenvalue weighted by atomic mass is 16.3. The van der Waals surface area contributed by atoms with E-state index >= 15 is 0 Å². The molecule has 74 valence electrons. The van der Waals surface area contributed by atoms with Gasteiger partial charge in [-0.1, -0.05) is 13.8 Å². The Hall–Kier alpha value is -0.800. The number of aromatic nitrogens is 1. The fraction of sp³-hybridized carbons (Fsp3) is 0.600. The van der Waals surface area contributed by atoms with Crippen molar-refractivity contribution >= 4 is 0 Å². The third kappa shape index (κ3) is 3.61. The van der Waals surface area contributed by atoms with Crippen LogP contribution in [-0.2, 0) is 6.54 Å². The molecule has 0 aliphatic heterocycles. The molecule has 0 bridgehead atoms. The Labute approximate surface area is 79.2 Å². The summed E-state index contributed by atoms with van der Waals surface area (Å²) in [7, 11) is 0. The van der Waals surface area contributed by atoms with E-state index in [4.69, 9.17) is 0 Å². The Morgan fingerprint density at radius 2 is 2.31 bits per heavy atom. The second-order valence-electron chi connectivity index (χ2n) is 3.66. The molecular weight excluding hydrogens is 164 g/mol. The Bertz CT molecular complexity index is 219. The molecule has 3 N–H and O–H groups in total. The average molecular weight is 182 g/mol. The summed E-state index contributed by atoms with van der Waals surface area (Å²) >= 11 is 0. The minimum Gasteiger partial charge on any atom is -0.392 e. The van der Waals surface area contributed by atoms with Crippen LogP contribution in [0.15, 0.2) is 18.5 Å². The number of hydrogen-bond acceptors (Lipinski definition) is 2. The monoisotopic (exact) mass is 182 g/mol. The summed E-state index contributed by atoms with van der Waals surface area (Å²) in [5.41, 5.74) is 1.22. The number of rotatable bonds is 5. The summed E-state index contributed by atoms with van der Waals surface area (Å²) in [5, 5.41) is 12.7. The Morgan fingerprint density at radius 1 is 1.54 bits per heavy atom. The van der Waals surface area contributed by atoms with Crippen LogP contribution in [0, 0.1) is 5.92 Å². The van der Waals surface area contributed by atoms with Gasteiger partial charge in [0.25, 0.3) is 0 Å². The van der Waals surface area contributed by atoms with Gasteiger partial charge in [0.1, 0.15) is 0 Å². The fourth-order valence-corrected chi connectivity index (χ4v) is 1.07. The lowest BCUT2D eigenvalue weighted by Gasteiger charge is -2.14. The van der Waals surface area contributed by atoms with Gasteiger partial charge in [-0.25, -0.2) is 0 Å². The van der Waals surface area contributed by atoms with E-state index in [0.717, 1.165) is 6.54 Å². The van der Waals surface area contributed by atoms with Gasteiger partial charge in [0.15, 0.2) is 0 Å². The van der Waals surface area contributed by atoms with Crippen LogP contribution < -0.4 is 5.32 Å². The Morgan fingerprint density at radius 3 is 2.85 bits per heavy atom. The maximum atomic E-state index is 9.48. The molecule has 0 aliphatic rings. The lowest BCUT2D eigenvalue weighted by atomic mass is 10.1. The minimum absolute atomic E-state index is 0.251. The smallest absolute Gasteiger partial charge is 0.0687 e. The maximum Gasteiger partial charge on any atom is 0.0687 e. The fourth-order valence-electron chi connectivity index (χ4n) is 1.07. The average Bonchev–Trinajstić information content (AvgIpc) is 2.56. The molecule has 1 atom stereocenters. The number of H-pyrrole nitrogens is 1. The molecule has 3 heteroatoms. The van der Waals surface area contributed by atoms with E-state index < -0.39 is 0 Å². The zero-order chi connectivity index (χ0) is 9.68. The first-order valence-electron chi connectivity index (χ1n) is 4.70. The molecule has 0 saturated carbocycles. The molecule has 0 aliphatic carbocycles. The van der Waals surface area contributed by atoms with Crippen molar-refractivity contribution in [3.63, 3.8) is 0 Å². The van der Waals surface area contributed by atoms with Crippen LogP contribution in [0.3, 0.4) is 0 Å². The summed E-state index contributed by atoms with van der Waals surface area (Å²) < 4.78 is 0. The molecule has 1 aromatic heterocycles. The Kier molecular flexibility index (Phi) is 3.99. The summed E-state index contributed by atoms with van der Waals surface area (Å²) in [4.78, 5) is 2.99. The summed E-state index contributed by atoms with van der Waals surface area (Å²) in [6.07, 6.45) is 3.60. The topological polar surface area (TPSA) is 48.0 Å². The second kappa shape index (κ2) is 5.04. The van der Waals surface area contributed by atoms with E-state index in [9.17, 15) is 5.11 Å². The molecule has 0 fully saturated rings. The van der Waals surface area contributed by atoms with Gasteiger partial charge in [0, 0.05) is 25.5 Å². The molecule has 1 aromatic rings. The van der Waals surface area contributed by atoms with Gasteiger partial charge in [-0.05, 0) is 17.5 Å². The zero-order valence-electron chi connectivity index (χ0n) is 8.25. The quantitative estimate of drug-likeness (QED) is 0.639. The largest absolute Gasteiger partial charge is 0.392 e. The third-order valence-electron chi connectivity index (χ3n) is 2.11. The number of hydrogen-bond donors (Lipinski definition) is 3. The highest BCUT2D eigenvalue weighted by Crippen LogP contribution is 2.00. The zero-order valence-corrected chi connectivity index (χ0v) is 8.25. The third-order valence-corrected chi connectivity index (χ3v) is 2.11.